The van der Waals surface area contributed by atoms with E-state index in [0.29, 0.717) is 36.1 Å². The fraction of sp³-hybridized carbons (Fsp3) is 0.868. The fourth-order valence-corrected chi connectivity index (χ4v) is 14.8. The van der Waals surface area contributed by atoms with Gasteiger partial charge in [-0.1, -0.05) is 78.9 Å². The standard InChI is InChI=1S/C53H89N3O8/c1-34(2)36-23-28-53(44(59)55-32-20-18-16-14-15-17-19-31-54-43(58)35(3)56-46(62)64-47(4,5)6)30-29-51(12)37(42(36)53)21-22-39-50(11)26-25-40(63-41(57)33-48(7,8)45(60)61)49(9,10)38(50)24-27-52(39,51)13/h35-40,42H,1,14-33H2,2-13H3,(H,54,58)(H,55,59)(H,56,62)(H,60,61)/t35?,36-,37+,38-,39+,40-,42+,50-,51+,52+,53-/m0/s1. The molecule has 64 heavy (non-hydrogen) atoms. The van der Waals surface area contributed by atoms with Crippen LogP contribution >= 0.6 is 0 Å². The number of amides is 3. The Kier molecular flexibility index (Phi) is 15.9. The minimum atomic E-state index is -1.16. The molecular formula is C53H89N3O8. The van der Waals surface area contributed by atoms with Crippen molar-refractivity contribution in [3.63, 3.8) is 0 Å². The Morgan fingerprint density at radius 3 is 1.94 bits per heavy atom. The number of aliphatic carboxylic acids is 1. The molecule has 11 atom stereocenters. The average molecular weight is 896 g/mol. The van der Waals surface area contributed by atoms with Crippen LogP contribution in [0.4, 0.5) is 4.79 Å². The summed E-state index contributed by atoms with van der Waals surface area (Å²) in [7, 11) is 0. The molecule has 11 nitrogen and oxygen atoms in total. The zero-order valence-electron chi connectivity index (χ0n) is 42.2. The molecule has 0 radical (unpaired) electrons. The van der Waals surface area contributed by atoms with Gasteiger partial charge in [0.05, 0.1) is 17.3 Å². The van der Waals surface area contributed by atoms with Crippen molar-refractivity contribution in [1.29, 1.82) is 0 Å². The third-order valence-electron chi connectivity index (χ3n) is 18.5. The smallest absolute Gasteiger partial charge is 0.408 e. The summed E-state index contributed by atoms with van der Waals surface area (Å²) in [5, 5.41) is 18.6. The monoisotopic (exact) mass is 896 g/mol. The number of hydrogen-bond donors (Lipinski definition) is 4. The van der Waals surface area contributed by atoms with E-state index in [-0.39, 0.29) is 51.4 Å². The minimum Gasteiger partial charge on any atom is -0.481 e. The van der Waals surface area contributed by atoms with E-state index in [0.717, 1.165) is 116 Å². The summed E-state index contributed by atoms with van der Waals surface area (Å²) >= 11 is 0. The zero-order valence-corrected chi connectivity index (χ0v) is 42.2. The van der Waals surface area contributed by atoms with Crippen LogP contribution in [-0.2, 0) is 28.7 Å². The number of fused-ring (bicyclic) bond motifs is 7. The molecule has 4 N–H and O–H groups in total. The van der Waals surface area contributed by atoms with Crippen molar-refractivity contribution in [1.82, 2.24) is 16.0 Å². The van der Waals surface area contributed by atoms with Crippen LogP contribution in [0.15, 0.2) is 12.2 Å². The van der Waals surface area contributed by atoms with Gasteiger partial charge in [0.25, 0.3) is 0 Å². The maximum absolute atomic E-state index is 14.6. The lowest BCUT2D eigenvalue weighted by molar-refractivity contribution is -0.249. The van der Waals surface area contributed by atoms with E-state index in [1.165, 1.54) is 5.57 Å². The molecule has 5 saturated carbocycles. The number of carboxylic acids is 1. The van der Waals surface area contributed by atoms with Gasteiger partial charge < -0.3 is 30.5 Å². The summed E-state index contributed by atoms with van der Waals surface area (Å²) in [5.41, 5.74) is -0.767. The molecule has 0 spiro atoms. The number of ether oxygens (including phenoxy) is 2. The van der Waals surface area contributed by atoms with E-state index in [1.807, 2.05) is 0 Å². The molecule has 0 aromatic carbocycles. The van der Waals surface area contributed by atoms with E-state index >= 15 is 0 Å². The summed E-state index contributed by atoms with van der Waals surface area (Å²) in [6.45, 7) is 30.6. The third kappa shape index (κ3) is 10.4. The predicted octanol–water partition coefficient (Wildman–Crippen LogP) is 10.9. The number of carboxylic acid groups (broad SMARTS) is 1. The topological polar surface area (TPSA) is 160 Å². The van der Waals surface area contributed by atoms with E-state index in [4.69, 9.17) is 9.47 Å². The molecule has 0 aromatic heterocycles. The fourth-order valence-electron chi connectivity index (χ4n) is 14.8. The molecule has 11 heteroatoms. The zero-order chi connectivity index (χ0) is 47.7. The van der Waals surface area contributed by atoms with E-state index in [9.17, 15) is 29.1 Å². The lowest BCUT2D eigenvalue weighted by Gasteiger charge is -2.72. The van der Waals surface area contributed by atoms with Gasteiger partial charge in [0.2, 0.25) is 11.8 Å². The number of carbonyl (C=O) groups excluding carboxylic acids is 4. The second kappa shape index (κ2) is 19.6. The first kappa shape index (κ1) is 51.9. The number of rotatable bonds is 18. The van der Waals surface area contributed by atoms with Crippen LogP contribution in [0.1, 0.15) is 199 Å². The molecule has 5 fully saturated rings. The van der Waals surface area contributed by atoms with Gasteiger partial charge >= 0.3 is 18.0 Å². The lowest BCUT2D eigenvalue weighted by Crippen LogP contribution is -2.67. The van der Waals surface area contributed by atoms with Gasteiger partial charge in [-0.3, -0.25) is 19.2 Å². The van der Waals surface area contributed by atoms with Crippen molar-refractivity contribution >= 4 is 29.8 Å². The Morgan fingerprint density at radius 1 is 0.734 bits per heavy atom. The van der Waals surface area contributed by atoms with Crippen molar-refractivity contribution in [2.24, 2.45) is 62.1 Å². The molecule has 1 unspecified atom stereocenters. The summed E-state index contributed by atoms with van der Waals surface area (Å²) in [6, 6.07) is -0.658. The second-order valence-corrected chi connectivity index (χ2v) is 24.4. The highest BCUT2D eigenvalue weighted by atomic mass is 16.6. The maximum Gasteiger partial charge on any atom is 0.408 e. The molecular weight excluding hydrogens is 807 g/mol. The Morgan fingerprint density at radius 2 is 1.34 bits per heavy atom. The van der Waals surface area contributed by atoms with Gasteiger partial charge in [0.15, 0.2) is 0 Å². The number of hydrogen-bond acceptors (Lipinski definition) is 7. The highest BCUT2D eigenvalue weighted by molar-refractivity contribution is 5.85. The van der Waals surface area contributed by atoms with Crippen molar-refractivity contribution in [2.45, 2.75) is 216 Å². The molecule has 0 aromatic rings. The van der Waals surface area contributed by atoms with Gasteiger partial charge in [-0.15, -0.1) is 0 Å². The number of carbonyl (C=O) groups is 5. The maximum atomic E-state index is 14.6. The molecule has 5 aliphatic carbocycles. The summed E-state index contributed by atoms with van der Waals surface area (Å²) in [6.07, 6.45) is 16.7. The molecule has 0 heterocycles. The van der Waals surface area contributed by atoms with Crippen LogP contribution in [0, 0.1) is 62.1 Å². The number of alkyl carbamates (subject to hydrolysis) is 1. The van der Waals surface area contributed by atoms with Crippen molar-refractivity contribution in [3.8, 4) is 0 Å². The van der Waals surface area contributed by atoms with Gasteiger partial charge in [0, 0.05) is 18.5 Å². The molecule has 0 aliphatic heterocycles. The van der Waals surface area contributed by atoms with Crippen molar-refractivity contribution in [3.05, 3.63) is 12.2 Å². The lowest BCUT2D eigenvalue weighted by atomic mass is 9.32. The Hall–Kier alpha value is -3.11. The third-order valence-corrected chi connectivity index (χ3v) is 18.5. The van der Waals surface area contributed by atoms with Crippen LogP contribution in [-0.4, -0.2) is 65.8 Å². The second-order valence-electron chi connectivity index (χ2n) is 24.4. The number of allylic oxidation sites excluding steroid dienone is 1. The van der Waals surface area contributed by atoms with E-state index in [2.05, 4.69) is 64.1 Å². The first-order chi connectivity index (χ1) is 29.7. The number of unbranched alkanes of at least 4 members (excludes halogenated alkanes) is 6. The molecule has 5 rings (SSSR count). The van der Waals surface area contributed by atoms with Gasteiger partial charge in [0.1, 0.15) is 17.7 Å². The van der Waals surface area contributed by atoms with Crippen LogP contribution in [0.3, 0.4) is 0 Å². The van der Waals surface area contributed by atoms with Crippen LogP contribution < -0.4 is 16.0 Å². The van der Waals surface area contributed by atoms with E-state index in [1.54, 1.807) is 41.5 Å². The highest BCUT2D eigenvalue weighted by Gasteiger charge is 2.72. The molecule has 0 bridgehead atoms. The first-order valence-corrected chi connectivity index (χ1v) is 25.3. The normalized spacial score (nSPS) is 34.7. The molecule has 3 amide bonds. The highest BCUT2D eigenvalue weighted by Crippen LogP contribution is 2.77. The number of esters is 1. The predicted molar refractivity (Wildman–Crippen MR) is 252 cm³/mol. The van der Waals surface area contributed by atoms with Gasteiger partial charge in [-0.05, 0) is 171 Å². The molecule has 364 valence electrons. The minimum absolute atomic E-state index is 0.100. The molecule has 0 saturated heterocycles. The van der Waals surface area contributed by atoms with Crippen LogP contribution in [0.5, 0.6) is 0 Å². The van der Waals surface area contributed by atoms with Crippen molar-refractivity contribution in [2.75, 3.05) is 13.1 Å². The summed E-state index contributed by atoms with van der Waals surface area (Å²) in [5.74, 6) is 0.747. The Balaban J connectivity index is 1.12. The summed E-state index contributed by atoms with van der Waals surface area (Å²) in [4.78, 5) is 63.9. The van der Waals surface area contributed by atoms with Crippen LogP contribution in [0.2, 0.25) is 0 Å². The Labute approximate surface area is 386 Å². The quantitative estimate of drug-likeness (QED) is 0.0601. The average Bonchev–Trinajstić information content (AvgIpc) is 3.58. The first-order valence-electron chi connectivity index (χ1n) is 25.3. The SMILES string of the molecule is C=C(C)[C@@H]1CC[C@]2(C(=O)NCCCCCCCCCNC(=O)C(C)NC(=O)OC(C)(C)C)CC[C@]3(C)[C@H](CC[C@@H]4[C@@]5(C)CC[C@H](OC(=O)CC(C)(C)C(=O)O)C(C)(C)[C@@H]5CC[C@]43C)[C@@H]12. The van der Waals surface area contributed by atoms with Crippen molar-refractivity contribution < 1.29 is 38.6 Å². The van der Waals surface area contributed by atoms with Gasteiger partial charge in [-0.2, -0.15) is 0 Å². The molecule has 5 aliphatic rings. The number of nitrogens with one attached hydrogen (secondary N) is 3. The largest absolute Gasteiger partial charge is 0.481 e. The van der Waals surface area contributed by atoms with Crippen LogP contribution in [0.25, 0.3) is 0 Å². The van der Waals surface area contributed by atoms with Gasteiger partial charge in [-0.25, -0.2) is 4.79 Å². The summed E-state index contributed by atoms with van der Waals surface area (Å²) < 4.78 is 11.4. The Bertz CT molecular complexity index is 1730. The van der Waals surface area contributed by atoms with E-state index < -0.39 is 35.1 Å².